The third kappa shape index (κ3) is 2.38. The van der Waals surface area contributed by atoms with Crippen LogP contribution in [-0.2, 0) is 14.9 Å². The van der Waals surface area contributed by atoms with Crippen LogP contribution >= 0.6 is 11.6 Å². The fourth-order valence-electron chi connectivity index (χ4n) is 2.36. The van der Waals surface area contributed by atoms with E-state index in [9.17, 15) is 4.79 Å². The van der Waals surface area contributed by atoms with Gasteiger partial charge in [-0.05, 0) is 31.9 Å². The van der Waals surface area contributed by atoms with Crippen molar-refractivity contribution in [2.24, 2.45) is 0 Å². The fraction of sp³-hybridized carbons (Fsp3) is 0.500. The van der Waals surface area contributed by atoms with Crippen molar-refractivity contribution in [3.8, 4) is 0 Å². The van der Waals surface area contributed by atoms with Gasteiger partial charge in [0, 0.05) is 0 Å². The van der Waals surface area contributed by atoms with Crippen molar-refractivity contribution in [1.29, 1.82) is 0 Å². The molecule has 108 valence electrons. The largest absolute Gasteiger partial charge is 0.465 e. The Bertz CT molecular complexity index is 620. The summed E-state index contributed by atoms with van der Waals surface area (Å²) >= 11 is 5.87. The first-order chi connectivity index (χ1) is 9.57. The van der Waals surface area contributed by atoms with Crippen LogP contribution in [0.1, 0.15) is 39.3 Å². The molecule has 0 spiro atoms. The number of nitrogens with zero attached hydrogens (tertiary/aromatic N) is 3. The summed E-state index contributed by atoms with van der Waals surface area (Å²) < 4.78 is 6.82. The molecule has 0 amide bonds. The third-order valence-electron chi connectivity index (χ3n) is 3.65. The standard InChI is InChI=1S/C14H18ClN3O2/c1-4-14(5-2,13(19)20-6-3)10-9-18-12(16-10)8-7-11(15)17-18/h7-9H,4-6H2,1-3H3. The lowest BCUT2D eigenvalue weighted by atomic mass is 9.79. The van der Waals surface area contributed by atoms with E-state index in [1.807, 2.05) is 13.8 Å². The van der Waals surface area contributed by atoms with Gasteiger partial charge >= 0.3 is 5.97 Å². The molecule has 0 saturated carbocycles. The van der Waals surface area contributed by atoms with Crippen molar-refractivity contribution in [2.75, 3.05) is 6.61 Å². The highest BCUT2D eigenvalue weighted by molar-refractivity contribution is 6.29. The molecule has 2 aromatic heterocycles. The van der Waals surface area contributed by atoms with Crippen molar-refractivity contribution >= 4 is 23.2 Å². The van der Waals surface area contributed by atoms with E-state index in [0.717, 1.165) is 0 Å². The van der Waals surface area contributed by atoms with Crippen LogP contribution in [0.3, 0.4) is 0 Å². The molecule has 20 heavy (non-hydrogen) atoms. The molecule has 6 heteroatoms. The van der Waals surface area contributed by atoms with Crippen molar-refractivity contribution < 1.29 is 9.53 Å². The first-order valence-electron chi connectivity index (χ1n) is 6.77. The first-order valence-corrected chi connectivity index (χ1v) is 7.14. The molecule has 0 bridgehead atoms. The van der Waals surface area contributed by atoms with Gasteiger partial charge in [-0.3, -0.25) is 4.79 Å². The molecule has 0 aliphatic rings. The minimum absolute atomic E-state index is 0.237. The van der Waals surface area contributed by atoms with E-state index in [-0.39, 0.29) is 5.97 Å². The summed E-state index contributed by atoms with van der Waals surface area (Å²) in [5.41, 5.74) is 0.617. The zero-order chi connectivity index (χ0) is 14.8. The average molecular weight is 296 g/mol. The zero-order valence-electron chi connectivity index (χ0n) is 11.9. The number of halogens is 1. The van der Waals surface area contributed by atoms with Crippen molar-refractivity contribution in [2.45, 2.75) is 39.0 Å². The maximum Gasteiger partial charge on any atom is 0.318 e. The second-order valence-electron chi connectivity index (χ2n) is 4.59. The smallest absolute Gasteiger partial charge is 0.318 e. The highest BCUT2D eigenvalue weighted by Crippen LogP contribution is 2.32. The van der Waals surface area contributed by atoms with Gasteiger partial charge in [-0.25, -0.2) is 9.50 Å². The Labute approximate surface area is 122 Å². The normalized spacial score (nSPS) is 11.8. The lowest BCUT2D eigenvalue weighted by Gasteiger charge is -2.26. The molecule has 0 radical (unpaired) electrons. The number of fused-ring (bicyclic) bond motifs is 1. The molecule has 0 aliphatic heterocycles. The van der Waals surface area contributed by atoms with E-state index in [0.29, 0.717) is 35.9 Å². The summed E-state index contributed by atoms with van der Waals surface area (Å²) in [6.45, 7) is 6.09. The predicted molar refractivity (Wildman–Crippen MR) is 76.9 cm³/mol. The van der Waals surface area contributed by atoms with Crippen LogP contribution in [0.5, 0.6) is 0 Å². The third-order valence-corrected chi connectivity index (χ3v) is 3.85. The van der Waals surface area contributed by atoms with E-state index in [1.165, 1.54) is 0 Å². The van der Waals surface area contributed by atoms with Gasteiger partial charge in [0.15, 0.2) is 5.65 Å². The Balaban J connectivity index is 2.53. The SMILES string of the molecule is CCOC(=O)C(CC)(CC)c1cn2nc(Cl)ccc2n1. The molecule has 2 aromatic rings. The zero-order valence-corrected chi connectivity index (χ0v) is 12.6. The summed E-state index contributed by atoms with van der Waals surface area (Å²) in [5.74, 6) is -0.237. The first kappa shape index (κ1) is 14.8. The Morgan fingerprint density at radius 3 is 2.65 bits per heavy atom. The highest BCUT2D eigenvalue weighted by atomic mass is 35.5. The van der Waals surface area contributed by atoms with Gasteiger partial charge in [0.25, 0.3) is 0 Å². The molecule has 0 atom stereocenters. The number of hydrogen-bond donors (Lipinski definition) is 0. The van der Waals surface area contributed by atoms with Gasteiger partial charge in [0.05, 0.1) is 18.5 Å². The van der Waals surface area contributed by atoms with Crippen molar-refractivity contribution in [3.05, 3.63) is 29.2 Å². The molecular formula is C14H18ClN3O2. The van der Waals surface area contributed by atoms with Gasteiger partial charge in [-0.2, -0.15) is 5.10 Å². The van der Waals surface area contributed by atoms with Crippen LogP contribution in [0.2, 0.25) is 5.15 Å². The Hall–Kier alpha value is -1.62. The molecule has 0 aromatic carbocycles. The summed E-state index contributed by atoms with van der Waals surface area (Å²) in [5, 5.41) is 4.54. The van der Waals surface area contributed by atoms with Crippen molar-refractivity contribution in [3.63, 3.8) is 0 Å². The lowest BCUT2D eigenvalue weighted by Crippen LogP contribution is -2.36. The Morgan fingerprint density at radius 1 is 1.35 bits per heavy atom. The number of esters is 1. The molecule has 0 saturated heterocycles. The molecule has 2 heterocycles. The number of carbonyl (C=O) groups is 1. The molecular weight excluding hydrogens is 278 g/mol. The van der Waals surface area contributed by atoms with Gasteiger partial charge in [0.1, 0.15) is 10.6 Å². The maximum atomic E-state index is 12.4. The number of hydrogen-bond acceptors (Lipinski definition) is 4. The van der Waals surface area contributed by atoms with Gasteiger partial charge in [0.2, 0.25) is 0 Å². The summed E-state index contributed by atoms with van der Waals surface area (Å²) in [7, 11) is 0. The number of rotatable bonds is 5. The Morgan fingerprint density at radius 2 is 2.05 bits per heavy atom. The van der Waals surface area contributed by atoms with Crippen LogP contribution in [0.4, 0.5) is 0 Å². The summed E-state index contributed by atoms with van der Waals surface area (Å²) in [4.78, 5) is 16.9. The lowest BCUT2D eigenvalue weighted by molar-refractivity contribution is -0.150. The second kappa shape index (κ2) is 5.79. The van der Waals surface area contributed by atoms with Gasteiger partial charge in [-0.1, -0.05) is 25.4 Å². The highest BCUT2D eigenvalue weighted by Gasteiger charge is 2.40. The van der Waals surface area contributed by atoms with E-state index in [2.05, 4.69) is 10.1 Å². The molecule has 0 aliphatic carbocycles. The number of carbonyl (C=O) groups excluding carboxylic acids is 1. The second-order valence-corrected chi connectivity index (χ2v) is 4.98. The minimum Gasteiger partial charge on any atom is -0.465 e. The maximum absolute atomic E-state index is 12.4. The Kier molecular flexibility index (Phi) is 4.28. The number of imidazole rings is 1. The average Bonchev–Trinajstić information content (AvgIpc) is 2.84. The van der Waals surface area contributed by atoms with E-state index < -0.39 is 5.41 Å². The van der Waals surface area contributed by atoms with Crippen LogP contribution in [-0.4, -0.2) is 27.2 Å². The van der Waals surface area contributed by atoms with Gasteiger partial charge < -0.3 is 4.74 Å². The molecule has 5 nitrogen and oxygen atoms in total. The quantitative estimate of drug-likeness (QED) is 0.796. The predicted octanol–water partition coefficient (Wildman–Crippen LogP) is 3.00. The van der Waals surface area contributed by atoms with Crippen LogP contribution in [0.15, 0.2) is 18.3 Å². The summed E-state index contributed by atoms with van der Waals surface area (Å²) in [6, 6.07) is 3.46. The molecule has 0 fully saturated rings. The summed E-state index contributed by atoms with van der Waals surface area (Å²) in [6.07, 6.45) is 3.00. The molecule has 0 unspecified atom stereocenters. The number of aromatic nitrogens is 3. The monoisotopic (exact) mass is 295 g/mol. The van der Waals surface area contributed by atoms with Crippen LogP contribution in [0, 0.1) is 0 Å². The van der Waals surface area contributed by atoms with Gasteiger partial charge in [-0.15, -0.1) is 0 Å². The van der Waals surface area contributed by atoms with E-state index in [4.69, 9.17) is 16.3 Å². The van der Waals surface area contributed by atoms with Crippen molar-refractivity contribution in [1.82, 2.24) is 14.6 Å². The van der Waals surface area contributed by atoms with E-state index in [1.54, 1.807) is 29.8 Å². The number of ether oxygens (including phenoxy) is 1. The topological polar surface area (TPSA) is 56.5 Å². The van der Waals surface area contributed by atoms with Crippen LogP contribution < -0.4 is 0 Å². The van der Waals surface area contributed by atoms with E-state index >= 15 is 0 Å². The fourth-order valence-corrected chi connectivity index (χ4v) is 2.51. The molecule has 0 N–H and O–H groups in total. The molecule has 2 rings (SSSR count). The van der Waals surface area contributed by atoms with Crippen LogP contribution in [0.25, 0.3) is 5.65 Å². The minimum atomic E-state index is -0.726.